The SMILES string of the molecule is FC1(F)Oc2ccc(NCc3ccccc3Cl)cc2O1. The molecule has 0 fully saturated rings. The summed E-state index contributed by atoms with van der Waals surface area (Å²) >= 11 is 6.04. The zero-order chi connectivity index (χ0) is 14.2. The van der Waals surface area contributed by atoms with Crippen molar-refractivity contribution in [2.75, 3.05) is 5.32 Å². The van der Waals surface area contributed by atoms with Gasteiger partial charge in [-0.05, 0) is 23.8 Å². The van der Waals surface area contributed by atoms with Crippen LogP contribution in [0, 0.1) is 0 Å². The van der Waals surface area contributed by atoms with Gasteiger partial charge >= 0.3 is 6.29 Å². The predicted octanol–water partition coefficient (Wildman–Crippen LogP) is 4.27. The van der Waals surface area contributed by atoms with Gasteiger partial charge in [-0.25, -0.2) is 0 Å². The second kappa shape index (κ2) is 4.83. The topological polar surface area (TPSA) is 30.5 Å². The van der Waals surface area contributed by atoms with Gasteiger partial charge in [0.05, 0.1) is 0 Å². The summed E-state index contributed by atoms with van der Waals surface area (Å²) in [5.41, 5.74) is 1.56. The fourth-order valence-electron chi connectivity index (χ4n) is 1.90. The molecule has 1 N–H and O–H groups in total. The first-order chi connectivity index (χ1) is 9.53. The molecule has 0 aromatic heterocycles. The lowest BCUT2D eigenvalue weighted by Crippen LogP contribution is -2.25. The molecule has 0 spiro atoms. The number of anilines is 1. The minimum absolute atomic E-state index is 0.0131. The average molecular weight is 298 g/mol. The number of ether oxygens (including phenoxy) is 2. The fourth-order valence-corrected chi connectivity index (χ4v) is 2.10. The maximum absolute atomic E-state index is 12.9. The van der Waals surface area contributed by atoms with Crippen LogP contribution in [0.15, 0.2) is 42.5 Å². The molecular formula is C14H10ClF2NO2. The molecule has 1 heterocycles. The van der Waals surface area contributed by atoms with Crippen molar-refractivity contribution in [1.82, 2.24) is 0 Å². The zero-order valence-corrected chi connectivity index (χ0v) is 11.0. The largest absolute Gasteiger partial charge is 0.586 e. The number of rotatable bonds is 3. The Morgan fingerprint density at radius 3 is 2.60 bits per heavy atom. The molecule has 0 saturated heterocycles. The molecule has 0 aliphatic carbocycles. The van der Waals surface area contributed by atoms with Gasteiger partial charge in [0.1, 0.15) is 0 Å². The summed E-state index contributed by atoms with van der Waals surface area (Å²) in [6.45, 7) is 0.482. The summed E-state index contributed by atoms with van der Waals surface area (Å²) in [5, 5.41) is 3.74. The second-order valence-electron chi connectivity index (χ2n) is 4.27. The lowest BCUT2D eigenvalue weighted by atomic mass is 10.2. The van der Waals surface area contributed by atoms with Crippen molar-refractivity contribution in [3.8, 4) is 11.5 Å². The monoisotopic (exact) mass is 297 g/mol. The van der Waals surface area contributed by atoms with Crippen molar-refractivity contribution < 1.29 is 18.3 Å². The molecule has 0 bridgehead atoms. The third kappa shape index (κ3) is 2.63. The van der Waals surface area contributed by atoms with Crippen molar-refractivity contribution in [1.29, 1.82) is 0 Å². The Labute approximate surface area is 119 Å². The number of benzene rings is 2. The van der Waals surface area contributed by atoms with Gasteiger partial charge in [-0.1, -0.05) is 29.8 Å². The van der Waals surface area contributed by atoms with Crippen molar-refractivity contribution >= 4 is 17.3 Å². The Morgan fingerprint density at radius 2 is 1.80 bits per heavy atom. The quantitative estimate of drug-likeness (QED) is 0.917. The molecular weight excluding hydrogens is 288 g/mol. The predicted molar refractivity (Wildman–Crippen MR) is 71.4 cm³/mol. The molecule has 20 heavy (non-hydrogen) atoms. The first kappa shape index (κ1) is 13.0. The van der Waals surface area contributed by atoms with Gasteiger partial charge in [-0.2, -0.15) is 0 Å². The Kier molecular flexibility index (Phi) is 3.14. The molecule has 1 aliphatic rings. The average Bonchev–Trinajstić information content (AvgIpc) is 2.71. The summed E-state index contributed by atoms with van der Waals surface area (Å²) in [4.78, 5) is 0. The second-order valence-corrected chi connectivity index (χ2v) is 4.68. The Balaban J connectivity index is 1.73. The maximum atomic E-state index is 12.9. The Hall–Kier alpha value is -2.01. The molecule has 0 unspecified atom stereocenters. The summed E-state index contributed by atoms with van der Waals surface area (Å²) in [7, 11) is 0. The van der Waals surface area contributed by atoms with E-state index >= 15 is 0 Å². The van der Waals surface area contributed by atoms with Crippen LogP contribution < -0.4 is 14.8 Å². The highest BCUT2D eigenvalue weighted by atomic mass is 35.5. The minimum Gasteiger partial charge on any atom is -0.395 e. The van der Waals surface area contributed by atoms with Crippen molar-refractivity contribution in [2.24, 2.45) is 0 Å². The Bertz CT molecular complexity index is 649. The van der Waals surface area contributed by atoms with E-state index in [0.29, 0.717) is 17.3 Å². The summed E-state index contributed by atoms with van der Waals surface area (Å²) in [6, 6.07) is 11.9. The number of hydrogen-bond donors (Lipinski definition) is 1. The number of halogens is 3. The van der Waals surface area contributed by atoms with Crippen LogP contribution in [-0.4, -0.2) is 6.29 Å². The van der Waals surface area contributed by atoms with Crippen LogP contribution in [-0.2, 0) is 6.54 Å². The highest BCUT2D eigenvalue weighted by Gasteiger charge is 2.43. The van der Waals surface area contributed by atoms with E-state index < -0.39 is 6.29 Å². The molecule has 1 aliphatic heterocycles. The van der Waals surface area contributed by atoms with Crippen LogP contribution in [0.4, 0.5) is 14.5 Å². The van der Waals surface area contributed by atoms with E-state index in [-0.39, 0.29) is 11.5 Å². The van der Waals surface area contributed by atoms with Crippen LogP contribution in [0.3, 0.4) is 0 Å². The summed E-state index contributed by atoms with van der Waals surface area (Å²) < 4.78 is 34.5. The third-order valence-corrected chi connectivity index (χ3v) is 3.21. The molecule has 0 saturated carbocycles. The highest BCUT2D eigenvalue weighted by molar-refractivity contribution is 6.31. The van der Waals surface area contributed by atoms with E-state index in [1.165, 1.54) is 12.1 Å². The smallest absolute Gasteiger partial charge is 0.395 e. The molecule has 6 heteroatoms. The normalized spacial score (nSPS) is 15.2. The van der Waals surface area contributed by atoms with Gasteiger partial charge in [-0.3, -0.25) is 0 Å². The molecule has 0 amide bonds. The van der Waals surface area contributed by atoms with Gasteiger partial charge in [-0.15, -0.1) is 8.78 Å². The summed E-state index contributed by atoms with van der Waals surface area (Å²) in [5.74, 6) is 0.0393. The number of nitrogens with one attached hydrogen (secondary N) is 1. The van der Waals surface area contributed by atoms with Crippen LogP contribution in [0.25, 0.3) is 0 Å². The molecule has 3 nitrogen and oxygen atoms in total. The Morgan fingerprint density at radius 1 is 1.05 bits per heavy atom. The van der Waals surface area contributed by atoms with Crippen LogP contribution >= 0.6 is 11.6 Å². The molecule has 2 aromatic rings. The first-order valence-corrected chi connectivity index (χ1v) is 6.28. The van der Waals surface area contributed by atoms with Gasteiger partial charge in [0.2, 0.25) is 0 Å². The van der Waals surface area contributed by atoms with Gasteiger partial charge in [0.15, 0.2) is 11.5 Å². The van der Waals surface area contributed by atoms with E-state index in [1.807, 2.05) is 18.2 Å². The molecule has 3 rings (SSSR count). The minimum atomic E-state index is -3.59. The highest BCUT2D eigenvalue weighted by Crippen LogP contribution is 2.42. The van der Waals surface area contributed by atoms with Crippen LogP contribution in [0.1, 0.15) is 5.56 Å². The van der Waals surface area contributed by atoms with Crippen LogP contribution in [0.2, 0.25) is 5.02 Å². The van der Waals surface area contributed by atoms with E-state index in [0.717, 1.165) is 5.56 Å². The van der Waals surface area contributed by atoms with Gasteiger partial charge in [0, 0.05) is 23.3 Å². The van der Waals surface area contributed by atoms with Crippen molar-refractivity contribution in [3.63, 3.8) is 0 Å². The first-order valence-electron chi connectivity index (χ1n) is 5.91. The number of fused-ring (bicyclic) bond motifs is 1. The standard InChI is InChI=1S/C14H10ClF2NO2/c15-11-4-2-1-3-9(11)8-18-10-5-6-12-13(7-10)20-14(16,17)19-12/h1-7,18H,8H2. The van der Waals surface area contributed by atoms with Crippen molar-refractivity contribution in [3.05, 3.63) is 53.1 Å². The van der Waals surface area contributed by atoms with Crippen LogP contribution in [0.5, 0.6) is 11.5 Å². The fraction of sp³-hybridized carbons (Fsp3) is 0.143. The third-order valence-electron chi connectivity index (χ3n) is 2.84. The number of hydrogen-bond acceptors (Lipinski definition) is 3. The number of alkyl halides is 2. The van der Waals surface area contributed by atoms with E-state index in [1.54, 1.807) is 12.1 Å². The lowest BCUT2D eigenvalue weighted by molar-refractivity contribution is -0.286. The summed E-state index contributed by atoms with van der Waals surface area (Å²) in [6.07, 6.45) is -3.59. The molecule has 2 aromatic carbocycles. The molecule has 104 valence electrons. The zero-order valence-electron chi connectivity index (χ0n) is 10.2. The van der Waals surface area contributed by atoms with Gasteiger partial charge < -0.3 is 14.8 Å². The molecule has 0 atom stereocenters. The maximum Gasteiger partial charge on any atom is 0.586 e. The molecule has 0 radical (unpaired) electrons. The van der Waals surface area contributed by atoms with Crippen molar-refractivity contribution in [2.45, 2.75) is 12.8 Å². The van der Waals surface area contributed by atoms with Gasteiger partial charge in [0.25, 0.3) is 0 Å². The van der Waals surface area contributed by atoms with E-state index in [9.17, 15) is 8.78 Å². The lowest BCUT2D eigenvalue weighted by Gasteiger charge is -2.08. The van der Waals surface area contributed by atoms with E-state index in [2.05, 4.69) is 14.8 Å². The van der Waals surface area contributed by atoms with E-state index in [4.69, 9.17) is 11.6 Å².